The van der Waals surface area contributed by atoms with Gasteiger partial charge in [0.2, 0.25) is 11.8 Å². The summed E-state index contributed by atoms with van der Waals surface area (Å²) < 4.78 is 13.2. The molecule has 0 saturated carbocycles. The summed E-state index contributed by atoms with van der Waals surface area (Å²) in [5.74, 6) is -0.809. The van der Waals surface area contributed by atoms with Crippen LogP contribution in [0, 0.1) is 5.82 Å². The minimum Gasteiger partial charge on any atom is -0.352 e. The minimum atomic E-state index is -0.674. The van der Waals surface area contributed by atoms with Crippen molar-refractivity contribution in [1.82, 2.24) is 10.2 Å². The summed E-state index contributed by atoms with van der Waals surface area (Å²) in [6.45, 7) is 5.61. The maximum Gasteiger partial charge on any atom is 0.242 e. The molecule has 1 unspecified atom stereocenters. The van der Waals surface area contributed by atoms with Gasteiger partial charge in [0.1, 0.15) is 11.9 Å². The van der Waals surface area contributed by atoms with Crippen molar-refractivity contribution >= 4 is 23.4 Å². The van der Waals surface area contributed by atoms with E-state index in [9.17, 15) is 14.0 Å². The molecule has 0 aliphatic heterocycles. The lowest BCUT2D eigenvalue weighted by atomic mass is 10.1. The Bertz CT molecular complexity index is 793. The van der Waals surface area contributed by atoms with Crippen molar-refractivity contribution < 1.29 is 14.0 Å². The molecule has 0 aliphatic carbocycles. The van der Waals surface area contributed by atoms with Gasteiger partial charge in [0, 0.05) is 17.6 Å². The first-order valence-electron chi connectivity index (χ1n) is 8.85. The maximum atomic E-state index is 13.2. The van der Waals surface area contributed by atoms with Crippen LogP contribution in [0.5, 0.6) is 0 Å². The average molecular weight is 391 g/mol. The van der Waals surface area contributed by atoms with Gasteiger partial charge < -0.3 is 10.2 Å². The van der Waals surface area contributed by atoms with E-state index in [1.807, 2.05) is 19.9 Å². The van der Waals surface area contributed by atoms with E-state index in [4.69, 9.17) is 11.6 Å². The Kier molecular flexibility index (Phi) is 7.36. The summed E-state index contributed by atoms with van der Waals surface area (Å²) in [5.41, 5.74) is 1.44. The van der Waals surface area contributed by atoms with Crippen molar-refractivity contribution in [3.63, 3.8) is 0 Å². The number of hydrogen-bond acceptors (Lipinski definition) is 2. The molecule has 0 bridgehead atoms. The van der Waals surface area contributed by atoms with Gasteiger partial charge in [-0.1, -0.05) is 41.9 Å². The number of benzene rings is 2. The minimum absolute atomic E-state index is 0.0358. The third kappa shape index (κ3) is 6.07. The fourth-order valence-electron chi connectivity index (χ4n) is 2.68. The van der Waals surface area contributed by atoms with Gasteiger partial charge in [-0.2, -0.15) is 0 Å². The molecule has 2 rings (SSSR count). The van der Waals surface area contributed by atoms with Crippen LogP contribution in [0.4, 0.5) is 4.39 Å². The van der Waals surface area contributed by atoms with E-state index in [2.05, 4.69) is 5.32 Å². The number of amides is 2. The van der Waals surface area contributed by atoms with Crippen LogP contribution in [0.15, 0.2) is 48.5 Å². The lowest BCUT2D eigenvalue weighted by molar-refractivity contribution is -0.140. The number of carbonyl (C=O) groups is 2. The molecule has 1 atom stereocenters. The first-order valence-corrected chi connectivity index (χ1v) is 9.23. The van der Waals surface area contributed by atoms with Gasteiger partial charge in [0.05, 0.1) is 6.42 Å². The van der Waals surface area contributed by atoms with Crippen LogP contribution in [-0.2, 0) is 22.6 Å². The second kappa shape index (κ2) is 9.51. The molecule has 27 heavy (non-hydrogen) atoms. The Morgan fingerprint density at radius 1 is 1.07 bits per heavy atom. The zero-order valence-corrected chi connectivity index (χ0v) is 16.5. The lowest BCUT2D eigenvalue weighted by Gasteiger charge is -2.29. The molecule has 0 heterocycles. The third-order valence-electron chi connectivity index (χ3n) is 4.16. The van der Waals surface area contributed by atoms with Crippen molar-refractivity contribution in [1.29, 1.82) is 0 Å². The van der Waals surface area contributed by atoms with Crippen molar-refractivity contribution in [3.05, 3.63) is 70.5 Å². The SMILES string of the molecule is CC(C)NC(=O)C(C)N(Cc1ccc(F)cc1)C(=O)Cc1ccccc1Cl. The third-order valence-corrected chi connectivity index (χ3v) is 4.53. The number of nitrogens with zero attached hydrogens (tertiary/aromatic N) is 1. The number of hydrogen-bond donors (Lipinski definition) is 1. The van der Waals surface area contributed by atoms with E-state index in [0.717, 1.165) is 5.56 Å². The molecule has 0 spiro atoms. The smallest absolute Gasteiger partial charge is 0.242 e. The second-order valence-corrected chi connectivity index (χ2v) is 7.16. The van der Waals surface area contributed by atoms with Crippen LogP contribution in [0.1, 0.15) is 31.9 Å². The van der Waals surface area contributed by atoms with Crippen molar-refractivity contribution in [2.45, 2.75) is 45.8 Å². The van der Waals surface area contributed by atoms with Crippen LogP contribution in [0.3, 0.4) is 0 Å². The lowest BCUT2D eigenvalue weighted by Crippen LogP contribution is -2.49. The number of halogens is 2. The van der Waals surface area contributed by atoms with Gasteiger partial charge in [0.15, 0.2) is 0 Å². The molecule has 144 valence electrons. The highest BCUT2D eigenvalue weighted by Crippen LogP contribution is 2.18. The monoisotopic (exact) mass is 390 g/mol. The maximum absolute atomic E-state index is 13.2. The number of carbonyl (C=O) groups excluding carboxylic acids is 2. The molecule has 0 radical (unpaired) electrons. The highest BCUT2D eigenvalue weighted by Gasteiger charge is 2.26. The molecule has 4 nitrogen and oxygen atoms in total. The zero-order valence-electron chi connectivity index (χ0n) is 15.7. The largest absolute Gasteiger partial charge is 0.352 e. The van der Waals surface area contributed by atoms with E-state index in [1.165, 1.54) is 17.0 Å². The number of nitrogens with one attached hydrogen (secondary N) is 1. The predicted molar refractivity (Wildman–Crippen MR) is 105 cm³/mol. The summed E-state index contributed by atoms with van der Waals surface area (Å²) in [6, 6.07) is 12.3. The fourth-order valence-corrected chi connectivity index (χ4v) is 2.88. The summed E-state index contributed by atoms with van der Waals surface area (Å²) >= 11 is 6.17. The van der Waals surface area contributed by atoms with Crippen LogP contribution in [0.25, 0.3) is 0 Å². The zero-order chi connectivity index (χ0) is 20.0. The van der Waals surface area contributed by atoms with E-state index < -0.39 is 6.04 Å². The molecule has 0 saturated heterocycles. The molecule has 2 aromatic carbocycles. The summed E-state index contributed by atoms with van der Waals surface area (Å²) in [6.07, 6.45) is 0.0835. The van der Waals surface area contributed by atoms with E-state index in [0.29, 0.717) is 10.6 Å². The average Bonchev–Trinajstić information content (AvgIpc) is 2.62. The Labute approximate surface area is 164 Å². The molecule has 1 N–H and O–H groups in total. The molecule has 0 fully saturated rings. The van der Waals surface area contributed by atoms with Crippen LogP contribution in [-0.4, -0.2) is 28.8 Å². The van der Waals surface area contributed by atoms with Gasteiger partial charge >= 0.3 is 0 Å². The predicted octanol–water partition coefficient (Wildman–Crippen LogP) is 3.96. The first-order chi connectivity index (χ1) is 12.8. The Morgan fingerprint density at radius 3 is 2.30 bits per heavy atom. The van der Waals surface area contributed by atoms with Gasteiger partial charge in [-0.15, -0.1) is 0 Å². The highest BCUT2D eigenvalue weighted by molar-refractivity contribution is 6.31. The Hall–Kier alpha value is -2.40. The van der Waals surface area contributed by atoms with E-state index >= 15 is 0 Å². The van der Waals surface area contributed by atoms with Gasteiger partial charge in [-0.05, 0) is 50.1 Å². The molecule has 2 aromatic rings. The first kappa shape index (κ1) is 20.9. The van der Waals surface area contributed by atoms with Gasteiger partial charge in [0.25, 0.3) is 0 Å². The number of rotatable bonds is 7. The standard InChI is InChI=1S/C21H24ClFN2O2/c1-14(2)24-21(27)15(3)25(13-16-8-10-18(23)11-9-16)20(26)12-17-6-4-5-7-19(17)22/h4-11,14-15H,12-13H2,1-3H3,(H,24,27). The summed E-state index contributed by atoms with van der Waals surface area (Å²) in [5, 5.41) is 3.34. The fraction of sp³-hybridized carbons (Fsp3) is 0.333. The Balaban J connectivity index is 2.24. The highest BCUT2D eigenvalue weighted by atomic mass is 35.5. The van der Waals surface area contributed by atoms with Gasteiger partial charge in [-0.3, -0.25) is 9.59 Å². The van der Waals surface area contributed by atoms with Crippen LogP contribution < -0.4 is 5.32 Å². The quantitative estimate of drug-likeness (QED) is 0.777. The molecular weight excluding hydrogens is 367 g/mol. The Morgan fingerprint density at radius 2 is 1.70 bits per heavy atom. The van der Waals surface area contributed by atoms with Crippen LogP contribution in [0.2, 0.25) is 5.02 Å². The topological polar surface area (TPSA) is 49.4 Å². The van der Waals surface area contributed by atoms with Gasteiger partial charge in [-0.25, -0.2) is 4.39 Å². The molecular formula is C21H24ClFN2O2. The summed E-state index contributed by atoms with van der Waals surface area (Å²) in [7, 11) is 0. The van der Waals surface area contributed by atoms with E-state index in [-0.39, 0.29) is 36.6 Å². The molecule has 2 amide bonds. The van der Waals surface area contributed by atoms with Crippen molar-refractivity contribution in [2.24, 2.45) is 0 Å². The molecule has 0 aromatic heterocycles. The van der Waals surface area contributed by atoms with Crippen molar-refractivity contribution in [3.8, 4) is 0 Å². The summed E-state index contributed by atoms with van der Waals surface area (Å²) in [4.78, 5) is 26.9. The molecule has 0 aliphatic rings. The van der Waals surface area contributed by atoms with Crippen LogP contribution >= 0.6 is 11.6 Å². The van der Waals surface area contributed by atoms with E-state index in [1.54, 1.807) is 37.3 Å². The second-order valence-electron chi connectivity index (χ2n) is 6.76. The normalized spacial score (nSPS) is 11.9. The molecule has 6 heteroatoms. The van der Waals surface area contributed by atoms with Crippen molar-refractivity contribution in [2.75, 3.05) is 0 Å².